The van der Waals surface area contributed by atoms with Crippen molar-refractivity contribution in [3.8, 4) is 5.75 Å². The number of ether oxygens (including phenoxy) is 1. The van der Waals surface area contributed by atoms with Gasteiger partial charge in [0.15, 0.2) is 5.78 Å². The van der Waals surface area contributed by atoms with Crippen molar-refractivity contribution in [2.24, 2.45) is 0 Å². The lowest BCUT2D eigenvalue weighted by molar-refractivity contribution is -0.138. The van der Waals surface area contributed by atoms with Crippen molar-refractivity contribution in [2.45, 2.75) is 12.6 Å². The van der Waals surface area contributed by atoms with Crippen molar-refractivity contribution in [2.75, 3.05) is 45.2 Å². The molecule has 0 unspecified atom stereocenters. The molecule has 0 bridgehead atoms. The van der Waals surface area contributed by atoms with Crippen LogP contribution in [0.15, 0.2) is 36.0 Å². The minimum atomic E-state index is -4.53. The lowest BCUT2D eigenvalue weighted by Crippen LogP contribution is -2.44. The van der Waals surface area contributed by atoms with E-state index in [4.69, 9.17) is 4.74 Å². The number of carbonyl (C=O) groups excluding carboxylic acids is 1. The molecule has 30 heavy (non-hydrogen) atoms. The first-order valence-corrected chi connectivity index (χ1v) is 9.70. The first kappa shape index (κ1) is 20.4. The van der Waals surface area contributed by atoms with Crippen molar-refractivity contribution < 1.29 is 22.7 Å². The molecule has 1 aliphatic carbocycles. The van der Waals surface area contributed by atoms with Crippen LogP contribution in [0, 0.1) is 0 Å². The third-order valence-electron chi connectivity index (χ3n) is 5.62. The molecule has 0 saturated carbocycles. The van der Waals surface area contributed by atoms with Gasteiger partial charge in [0.25, 0.3) is 0 Å². The minimum Gasteiger partial charge on any atom is -0.495 e. The number of Topliss-reactive ketones (excluding diaryl/α,β-unsaturated/α-hetero) is 1. The van der Waals surface area contributed by atoms with Gasteiger partial charge >= 0.3 is 6.18 Å². The number of fused-ring (bicyclic) bond motifs is 1. The number of allylic oxidation sites excluding steroid dienone is 1. The molecule has 4 rings (SSSR count). The highest BCUT2D eigenvalue weighted by Crippen LogP contribution is 2.39. The predicted molar refractivity (Wildman–Crippen MR) is 108 cm³/mol. The summed E-state index contributed by atoms with van der Waals surface area (Å²) in [5.41, 5.74) is 1.38. The van der Waals surface area contributed by atoms with Gasteiger partial charge in [-0.3, -0.25) is 9.78 Å². The Bertz CT molecular complexity index is 1010. The SMILES string of the molecule is COc1cc2c(cc1N1CCN(C)CC1)C/C(=C\c1ncccc1C(F)(F)F)C2=O. The highest BCUT2D eigenvalue weighted by atomic mass is 19.4. The zero-order valence-electron chi connectivity index (χ0n) is 16.8. The summed E-state index contributed by atoms with van der Waals surface area (Å²) < 4.78 is 45.4. The average molecular weight is 417 g/mol. The molecule has 158 valence electrons. The van der Waals surface area contributed by atoms with Gasteiger partial charge in [-0.1, -0.05) is 0 Å². The molecule has 8 heteroatoms. The molecule has 0 N–H and O–H groups in total. The molecular formula is C22H22F3N3O2. The Balaban J connectivity index is 1.69. The molecule has 2 aliphatic rings. The number of anilines is 1. The van der Waals surface area contributed by atoms with Gasteiger partial charge < -0.3 is 14.5 Å². The number of ketones is 1. The van der Waals surface area contributed by atoms with Gasteiger partial charge in [0.2, 0.25) is 0 Å². The van der Waals surface area contributed by atoms with Crippen LogP contribution in [0.5, 0.6) is 5.75 Å². The number of piperazine rings is 1. The van der Waals surface area contributed by atoms with Gasteiger partial charge in [0, 0.05) is 49.9 Å². The Hall–Kier alpha value is -2.87. The molecule has 2 heterocycles. The molecule has 1 aliphatic heterocycles. The first-order chi connectivity index (χ1) is 14.3. The van der Waals surface area contributed by atoms with Crippen LogP contribution in [-0.2, 0) is 12.6 Å². The fourth-order valence-corrected chi connectivity index (χ4v) is 3.94. The van der Waals surface area contributed by atoms with Crippen molar-refractivity contribution in [1.82, 2.24) is 9.88 Å². The maximum atomic E-state index is 13.3. The Kier molecular flexibility index (Phi) is 5.27. The van der Waals surface area contributed by atoms with E-state index in [1.54, 1.807) is 13.2 Å². The van der Waals surface area contributed by atoms with Crippen LogP contribution in [0.1, 0.15) is 27.2 Å². The lowest BCUT2D eigenvalue weighted by Gasteiger charge is -2.35. The molecule has 0 spiro atoms. The Morgan fingerprint density at radius 2 is 1.90 bits per heavy atom. The number of hydrogen-bond acceptors (Lipinski definition) is 5. The topological polar surface area (TPSA) is 45.7 Å². The van der Waals surface area contributed by atoms with Gasteiger partial charge in [-0.25, -0.2) is 0 Å². The molecule has 1 saturated heterocycles. The third kappa shape index (κ3) is 3.79. The number of pyridine rings is 1. The second-order valence-electron chi connectivity index (χ2n) is 7.58. The Labute approximate surface area is 172 Å². The summed E-state index contributed by atoms with van der Waals surface area (Å²) in [6.45, 7) is 3.52. The van der Waals surface area contributed by atoms with E-state index in [2.05, 4.69) is 21.8 Å². The largest absolute Gasteiger partial charge is 0.495 e. The summed E-state index contributed by atoms with van der Waals surface area (Å²) in [6.07, 6.45) is -1.71. The standard InChI is InChI=1S/C22H22F3N3O2/c1-27-6-8-28(9-7-27)19-12-14-10-15(21(29)16(14)13-20(19)30-2)11-18-17(22(23,24)25)4-3-5-26-18/h3-5,11-13H,6-10H2,1-2H3/b15-11+. The minimum absolute atomic E-state index is 0.243. The van der Waals surface area contributed by atoms with Crippen molar-refractivity contribution >= 4 is 17.5 Å². The molecule has 0 radical (unpaired) electrons. The molecule has 1 aromatic heterocycles. The van der Waals surface area contributed by atoms with Crippen LogP contribution in [-0.4, -0.2) is 56.0 Å². The summed E-state index contributed by atoms with van der Waals surface area (Å²) in [6, 6.07) is 5.85. The number of hydrogen-bond donors (Lipinski definition) is 0. The number of likely N-dealkylation sites (N-methyl/N-ethyl adjacent to an activating group) is 1. The second-order valence-corrected chi connectivity index (χ2v) is 7.58. The summed E-state index contributed by atoms with van der Waals surface area (Å²) in [5, 5.41) is 0. The van der Waals surface area contributed by atoms with Crippen LogP contribution in [0.2, 0.25) is 0 Å². The normalized spacial score (nSPS) is 18.8. The van der Waals surface area contributed by atoms with E-state index in [0.717, 1.165) is 43.5 Å². The van der Waals surface area contributed by atoms with Crippen LogP contribution >= 0.6 is 0 Å². The number of halogens is 3. The molecule has 0 amide bonds. The van der Waals surface area contributed by atoms with E-state index >= 15 is 0 Å². The fourth-order valence-electron chi connectivity index (χ4n) is 3.94. The quantitative estimate of drug-likeness (QED) is 0.713. The Morgan fingerprint density at radius 3 is 2.57 bits per heavy atom. The third-order valence-corrected chi connectivity index (χ3v) is 5.62. The van der Waals surface area contributed by atoms with Crippen LogP contribution in [0.3, 0.4) is 0 Å². The van der Waals surface area contributed by atoms with Gasteiger partial charge in [-0.15, -0.1) is 0 Å². The zero-order chi connectivity index (χ0) is 21.5. The number of aromatic nitrogens is 1. The van der Waals surface area contributed by atoms with E-state index in [1.165, 1.54) is 18.3 Å². The molecule has 5 nitrogen and oxygen atoms in total. The summed E-state index contributed by atoms with van der Waals surface area (Å²) in [7, 11) is 3.63. The van der Waals surface area contributed by atoms with Crippen molar-refractivity contribution in [1.29, 1.82) is 0 Å². The zero-order valence-corrected chi connectivity index (χ0v) is 16.8. The van der Waals surface area contributed by atoms with E-state index in [-0.39, 0.29) is 17.9 Å². The molecular weight excluding hydrogens is 395 g/mol. The number of nitrogens with zero attached hydrogens (tertiary/aromatic N) is 3. The van der Waals surface area contributed by atoms with E-state index < -0.39 is 11.7 Å². The number of carbonyl (C=O) groups is 1. The van der Waals surface area contributed by atoms with Gasteiger partial charge in [-0.2, -0.15) is 13.2 Å². The van der Waals surface area contributed by atoms with Crippen LogP contribution in [0.25, 0.3) is 6.08 Å². The molecule has 0 atom stereocenters. The monoisotopic (exact) mass is 417 g/mol. The van der Waals surface area contributed by atoms with Crippen LogP contribution < -0.4 is 9.64 Å². The number of methoxy groups -OCH3 is 1. The van der Waals surface area contributed by atoms with E-state index in [9.17, 15) is 18.0 Å². The second kappa shape index (κ2) is 7.75. The fraction of sp³-hybridized carbons (Fsp3) is 0.364. The highest BCUT2D eigenvalue weighted by molar-refractivity contribution is 6.16. The maximum absolute atomic E-state index is 13.3. The highest BCUT2D eigenvalue weighted by Gasteiger charge is 2.34. The van der Waals surface area contributed by atoms with Crippen molar-refractivity contribution in [3.63, 3.8) is 0 Å². The molecule has 2 aromatic rings. The Morgan fingerprint density at radius 1 is 1.17 bits per heavy atom. The predicted octanol–water partition coefficient (Wildman–Crippen LogP) is 3.68. The van der Waals surface area contributed by atoms with Gasteiger partial charge in [0.05, 0.1) is 24.1 Å². The molecule has 1 aromatic carbocycles. The van der Waals surface area contributed by atoms with Crippen LogP contribution in [0.4, 0.5) is 18.9 Å². The number of benzene rings is 1. The summed E-state index contributed by atoms with van der Waals surface area (Å²) in [4.78, 5) is 21.2. The van der Waals surface area contributed by atoms with Crippen molar-refractivity contribution in [3.05, 3.63) is 58.4 Å². The lowest BCUT2D eigenvalue weighted by atomic mass is 10.1. The van der Waals surface area contributed by atoms with E-state index in [1.807, 2.05) is 6.07 Å². The average Bonchev–Trinajstić information content (AvgIpc) is 3.02. The number of alkyl halides is 3. The smallest absolute Gasteiger partial charge is 0.418 e. The maximum Gasteiger partial charge on any atom is 0.418 e. The van der Waals surface area contributed by atoms with Gasteiger partial charge in [-0.05, 0) is 43.0 Å². The first-order valence-electron chi connectivity index (χ1n) is 9.70. The van der Waals surface area contributed by atoms with Gasteiger partial charge in [0.1, 0.15) is 5.75 Å². The van der Waals surface area contributed by atoms with E-state index in [0.29, 0.717) is 16.9 Å². The summed E-state index contributed by atoms with van der Waals surface area (Å²) >= 11 is 0. The summed E-state index contributed by atoms with van der Waals surface area (Å²) in [5.74, 6) is 0.314. The molecule has 1 fully saturated rings. The number of rotatable bonds is 3.